The third-order valence-corrected chi connectivity index (χ3v) is 2.62. The molecule has 2 atom stereocenters. The molecule has 0 heterocycles. The molecule has 7 heteroatoms. The quantitative estimate of drug-likeness (QED) is 0.726. The zero-order valence-corrected chi connectivity index (χ0v) is 12.9. The highest BCUT2D eigenvalue weighted by Gasteiger charge is 2.26. The van der Waals surface area contributed by atoms with Crippen LogP contribution in [0.3, 0.4) is 0 Å². The van der Waals surface area contributed by atoms with E-state index in [1.165, 1.54) is 7.11 Å². The van der Waals surface area contributed by atoms with E-state index in [2.05, 4.69) is 5.32 Å². The van der Waals surface area contributed by atoms with Gasteiger partial charge in [-0.25, -0.2) is 4.79 Å². The number of nitrogens with one attached hydrogen (secondary N) is 1. The number of amides is 1. The average molecular weight is 317 g/mol. The third kappa shape index (κ3) is 6.12. The van der Waals surface area contributed by atoms with Crippen molar-refractivity contribution in [3.8, 4) is 0 Å². The van der Waals surface area contributed by atoms with Crippen LogP contribution in [0.1, 0.15) is 18.5 Å². The summed E-state index contributed by atoms with van der Waals surface area (Å²) >= 11 is 0. The zero-order valence-electron chi connectivity index (χ0n) is 12.1. The first-order valence-corrected chi connectivity index (χ1v) is 6.36. The molecule has 0 aliphatic carbocycles. The number of ether oxygens (including phenoxy) is 2. The Morgan fingerprint density at radius 1 is 1.29 bits per heavy atom. The molecule has 0 bridgehead atoms. The number of rotatable bonds is 7. The van der Waals surface area contributed by atoms with E-state index in [0.29, 0.717) is 5.56 Å². The summed E-state index contributed by atoms with van der Waals surface area (Å²) in [7, 11) is 1.45. The van der Waals surface area contributed by atoms with Crippen molar-refractivity contribution < 1.29 is 19.1 Å². The first-order valence-electron chi connectivity index (χ1n) is 6.36. The van der Waals surface area contributed by atoms with Crippen molar-refractivity contribution in [2.24, 2.45) is 5.73 Å². The molecule has 0 fully saturated rings. The Labute approximate surface area is 130 Å². The SMILES string of the molecule is CCOC(=O)[C@H](NC(=O)C(N)COC)c1ccccc1.Cl. The fourth-order valence-corrected chi connectivity index (χ4v) is 1.65. The van der Waals surface area contributed by atoms with E-state index < -0.39 is 24.0 Å². The second-order valence-electron chi connectivity index (χ2n) is 4.17. The summed E-state index contributed by atoms with van der Waals surface area (Å²) in [6.07, 6.45) is 0. The molecule has 1 aromatic carbocycles. The van der Waals surface area contributed by atoms with E-state index in [0.717, 1.165) is 0 Å². The Kier molecular flexibility index (Phi) is 9.36. The van der Waals surface area contributed by atoms with Gasteiger partial charge in [-0.2, -0.15) is 0 Å². The minimum absolute atomic E-state index is 0. The lowest BCUT2D eigenvalue weighted by atomic mass is 10.1. The number of carbonyl (C=O) groups is 2. The van der Waals surface area contributed by atoms with Crippen LogP contribution in [0.25, 0.3) is 0 Å². The number of nitrogens with two attached hydrogens (primary N) is 1. The van der Waals surface area contributed by atoms with Crippen molar-refractivity contribution in [2.45, 2.75) is 19.0 Å². The van der Waals surface area contributed by atoms with Crippen LogP contribution < -0.4 is 11.1 Å². The highest BCUT2D eigenvalue weighted by atomic mass is 35.5. The molecule has 0 spiro atoms. The van der Waals surface area contributed by atoms with E-state index in [1.54, 1.807) is 31.2 Å². The van der Waals surface area contributed by atoms with Gasteiger partial charge < -0.3 is 20.5 Å². The smallest absolute Gasteiger partial charge is 0.333 e. The summed E-state index contributed by atoms with van der Waals surface area (Å²) in [6, 6.07) is 7.16. The van der Waals surface area contributed by atoms with Crippen molar-refractivity contribution >= 4 is 24.3 Å². The van der Waals surface area contributed by atoms with Crippen LogP contribution in [0.5, 0.6) is 0 Å². The van der Waals surface area contributed by atoms with Crippen molar-refractivity contribution in [2.75, 3.05) is 20.3 Å². The summed E-state index contributed by atoms with van der Waals surface area (Å²) in [5, 5.41) is 2.58. The number of benzene rings is 1. The van der Waals surface area contributed by atoms with Crippen LogP contribution in [0.2, 0.25) is 0 Å². The number of esters is 1. The Morgan fingerprint density at radius 2 is 1.90 bits per heavy atom. The Hall–Kier alpha value is -1.63. The van der Waals surface area contributed by atoms with Gasteiger partial charge in [0.1, 0.15) is 6.04 Å². The molecular formula is C14H21ClN2O4. The molecule has 0 aliphatic rings. The second-order valence-corrected chi connectivity index (χ2v) is 4.17. The van der Waals surface area contributed by atoms with E-state index >= 15 is 0 Å². The minimum atomic E-state index is -0.869. The molecule has 0 radical (unpaired) electrons. The maximum atomic E-state index is 12.0. The van der Waals surface area contributed by atoms with Gasteiger partial charge in [-0.3, -0.25) is 4.79 Å². The lowest BCUT2D eigenvalue weighted by molar-refractivity contribution is -0.147. The van der Waals surface area contributed by atoms with Crippen LogP contribution in [0.15, 0.2) is 30.3 Å². The summed E-state index contributed by atoms with van der Waals surface area (Å²) in [5.74, 6) is -0.981. The fraction of sp³-hybridized carbons (Fsp3) is 0.429. The van der Waals surface area contributed by atoms with Crippen LogP contribution in [0.4, 0.5) is 0 Å². The van der Waals surface area contributed by atoms with Crippen LogP contribution in [0, 0.1) is 0 Å². The first kappa shape index (κ1) is 19.4. The molecule has 21 heavy (non-hydrogen) atoms. The summed E-state index contributed by atoms with van der Waals surface area (Å²) in [5.41, 5.74) is 6.28. The second kappa shape index (κ2) is 10.1. The molecule has 0 saturated heterocycles. The zero-order chi connectivity index (χ0) is 15.0. The highest BCUT2D eigenvalue weighted by molar-refractivity contribution is 5.88. The lowest BCUT2D eigenvalue weighted by Gasteiger charge is -2.19. The van der Waals surface area contributed by atoms with Crippen LogP contribution >= 0.6 is 12.4 Å². The molecule has 1 aromatic rings. The van der Waals surface area contributed by atoms with Gasteiger partial charge in [0.2, 0.25) is 5.91 Å². The molecule has 118 valence electrons. The maximum Gasteiger partial charge on any atom is 0.333 e. The fourth-order valence-electron chi connectivity index (χ4n) is 1.65. The van der Waals surface area contributed by atoms with Gasteiger partial charge in [-0.15, -0.1) is 12.4 Å². The molecule has 0 aromatic heterocycles. The molecule has 1 amide bonds. The lowest BCUT2D eigenvalue weighted by Crippen LogP contribution is -2.46. The summed E-state index contributed by atoms with van der Waals surface area (Å²) in [4.78, 5) is 23.9. The average Bonchev–Trinajstić information content (AvgIpc) is 2.45. The molecule has 1 rings (SSSR count). The van der Waals surface area contributed by atoms with Gasteiger partial charge in [-0.1, -0.05) is 30.3 Å². The third-order valence-electron chi connectivity index (χ3n) is 2.62. The van der Waals surface area contributed by atoms with Gasteiger partial charge in [0.15, 0.2) is 6.04 Å². The molecule has 3 N–H and O–H groups in total. The van der Waals surface area contributed by atoms with Crippen molar-refractivity contribution in [3.05, 3.63) is 35.9 Å². The number of methoxy groups -OCH3 is 1. The van der Waals surface area contributed by atoms with Gasteiger partial charge in [0.25, 0.3) is 0 Å². The predicted molar refractivity (Wildman–Crippen MR) is 81.1 cm³/mol. The van der Waals surface area contributed by atoms with Crippen molar-refractivity contribution in [1.82, 2.24) is 5.32 Å². The molecule has 0 aliphatic heterocycles. The predicted octanol–water partition coefficient (Wildman–Crippen LogP) is 0.803. The van der Waals surface area contributed by atoms with E-state index in [9.17, 15) is 9.59 Å². The highest BCUT2D eigenvalue weighted by Crippen LogP contribution is 2.14. The molecule has 1 unspecified atom stereocenters. The number of carbonyl (C=O) groups excluding carboxylic acids is 2. The first-order chi connectivity index (χ1) is 9.60. The Balaban J connectivity index is 0.00000400. The Morgan fingerprint density at radius 3 is 2.43 bits per heavy atom. The van der Waals surface area contributed by atoms with Gasteiger partial charge >= 0.3 is 5.97 Å². The summed E-state index contributed by atoms with van der Waals surface area (Å²) in [6.45, 7) is 2.02. The topological polar surface area (TPSA) is 90.7 Å². The normalized spacial score (nSPS) is 12.7. The van der Waals surface area contributed by atoms with Gasteiger partial charge in [-0.05, 0) is 12.5 Å². The maximum absolute atomic E-state index is 12.0. The molecule has 6 nitrogen and oxygen atoms in total. The number of halogens is 1. The number of hydrogen-bond donors (Lipinski definition) is 2. The van der Waals surface area contributed by atoms with Crippen molar-refractivity contribution in [3.63, 3.8) is 0 Å². The number of hydrogen-bond acceptors (Lipinski definition) is 5. The van der Waals surface area contributed by atoms with Crippen LogP contribution in [-0.4, -0.2) is 38.2 Å². The van der Waals surface area contributed by atoms with E-state index in [4.69, 9.17) is 15.2 Å². The Bertz CT molecular complexity index is 442. The van der Waals surface area contributed by atoms with Gasteiger partial charge in [0, 0.05) is 7.11 Å². The van der Waals surface area contributed by atoms with E-state index in [1.807, 2.05) is 6.07 Å². The van der Waals surface area contributed by atoms with Crippen molar-refractivity contribution in [1.29, 1.82) is 0 Å². The monoisotopic (exact) mass is 316 g/mol. The van der Waals surface area contributed by atoms with Gasteiger partial charge in [0.05, 0.1) is 13.2 Å². The minimum Gasteiger partial charge on any atom is -0.464 e. The molecular weight excluding hydrogens is 296 g/mol. The van der Waals surface area contributed by atoms with E-state index in [-0.39, 0.29) is 25.6 Å². The largest absolute Gasteiger partial charge is 0.464 e. The van der Waals surface area contributed by atoms with Crippen LogP contribution in [-0.2, 0) is 19.1 Å². The summed E-state index contributed by atoms with van der Waals surface area (Å²) < 4.78 is 9.79. The molecule has 0 saturated carbocycles. The standard InChI is InChI=1S/C14H20N2O4.ClH/c1-3-20-14(18)12(10-7-5-4-6-8-10)16-13(17)11(15)9-19-2;/h4-8,11-12H,3,9,15H2,1-2H3,(H,16,17);1H/t11?,12-;/m1./s1.